The lowest BCUT2D eigenvalue weighted by atomic mass is 10.1. The molecule has 2 amide bonds. The summed E-state index contributed by atoms with van der Waals surface area (Å²) in [5.74, 6) is 4.96. The van der Waals surface area contributed by atoms with Crippen molar-refractivity contribution in [1.82, 2.24) is 4.90 Å². The van der Waals surface area contributed by atoms with Gasteiger partial charge in [0.25, 0.3) is 0 Å². The van der Waals surface area contributed by atoms with Crippen LogP contribution < -0.4 is 11.1 Å². The highest BCUT2D eigenvalue weighted by Crippen LogP contribution is 2.16. The normalized spacial score (nSPS) is 9.33. The quantitative estimate of drug-likeness (QED) is 0.782. The van der Waals surface area contributed by atoms with Crippen LogP contribution in [0.4, 0.5) is 14.9 Å². The molecule has 96 valence electrons. The number of carbonyl (C=O) groups excluding carboxylic acids is 1. The van der Waals surface area contributed by atoms with Crippen LogP contribution in [0.5, 0.6) is 0 Å². The lowest BCUT2D eigenvalue weighted by molar-refractivity contribution is 0.224. The standard InChI is InChI=1S/C13H16FN3O/c1-3-17(2)13(18)16-12-7-6-11(14)9-10(12)5-4-8-15/h6-7,9H,3,8,15H2,1-2H3,(H,16,18). The topological polar surface area (TPSA) is 58.4 Å². The van der Waals surface area contributed by atoms with Crippen molar-refractivity contribution in [2.45, 2.75) is 6.92 Å². The predicted octanol–water partition coefficient (Wildman–Crippen LogP) is 1.62. The van der Waals surface area contributed by atoms with E-state index in [9.17, 15) is 9.18 Å². The molecule has 0 aliphatic carbocycles. The number of amides is 2. The first kappa shape index (κ1) is 14.0. The summed E-state index contributed by atoms with van der Waals surface area (Å²) in [5.41, 5.74) is 6.16. The van der Waals surface area contributed by atoms with Crippen LogP contribution in [0.2, 0.25) is 0 Å². The molecule has 4 nitrogen and oxygen atoms in total. The fourth-order valence-corrected chi connectivity index (χ4v) is 1.23. The van der Waals surface area contributed by atoms with Crippen molar-refractivity contribution < 1.29 is 9.18 Å². The maximum absolute atomic E-state index is 13.1. The smallest absolute Gasteiger partial charge is 0.321 e. The second-order valence-electron chi connectivity index (χ2n) is 3.64. The number of hydrogen-bond donors (Lipinski definition) is 2. The lowest BCUT2D eigenvalue weighted by Crippen LogP contribution is -2.31. The van der Waals surface area contributed by atoms with E-state index in [4.69, 9.17) is 5.73 Å². The van der Waals surface area contributed by atoms with Crippen molar-refractivity contribution >= 4 is 11.7 Å². The SMILES string of the molecule is CCN(C)C(=O)Nc1ccc(F)cc1C#CCN. The third-order valence-electron chi connectivity index (χ3n) is 2.37. The van der Waals surface area contributed by atoms with E-state index < -0.39 is 5.82 Å². The van der Waals surface area contributed by atoms with Crippen LogP contribution in [-0.4, -0.2) is 31.1 Å². The summed E-state index contributed by atoms with van der Waals surface area (Å²) < 4.78 is 13.1. The Morgan fingerprint density at radius 1 is 1.56 bits per heavy atom. The molecule has 0 unspecified atom stereocenters. The molecule has 5 heteroatoms. The number of carbonyl (C=O) groups is 1. The van der Waals surface area contributed by atoms with Crippen LogP contribution in [-0.2, 0) is 0 Å². The molecular formula is C13H16FN3O. The number of urea groups is 1. The third-order valence-corrected chi connectivity index (χ3v) is 2.37. The maximum Gasteiger partial charge on any atom is 0.321 e. The number of nitrogens with zero attached hydrogens (tertiary/aromatic N) is 1. The van der Waals surface area contributed by atoms with Gasteiger partial charge in [-0.25, -0.2) is 9.18 Å². The van der Waals surface area contributed by atoms with Crippen LogP contribution in [0.15, 0.2) is 18.2 Å². The van der Waals surface area contributed by atoms with Crippen LogP contribution >= 0.6 is 0 Å². The monoisotopic (exact) mass is 249 g/mol. The molecular weight excluding hydrogens is 233 g/mol. The number of anilines is 1. The number of halogens is 1. The lowest BCUT2D eigenvalue weighted by Gasteiger charge is -2.16. The molecule has 3 N–H and O–H groups in total. The molecule has 1 aromatic rings. The minimum absolute atomic E-state index is 0.179. The van der Waals surface area contributed by atoms with Crippen LogP contribution in [0.25, 0.3) is 0 Å². The van der Waals surface area contributed by atoms with Crippen LogP contribution in [0.3, 0.4) is 0 Å². The first-order chi connectivity index (χ1) is 8.58. The van der Waals surface area contributed by atoms with Crippen LogP contribution in [0.1, 0.15) is 12.5 Å². The Kier molecular flexibility index (Phi) is 5.15. The Balaban J connectivity index is 2.97. The molecule has 0 saturated carbocycles. The number of benzene rings is 1. The molecule has 0 aliphatic rings. The van der Waals surface area contributed by atoms with Gasteiger partial charge in [0.05, 0.1) is 17.8 Å². The van der Waals surface area contributed by atoms with Gasteiger partial charge in [-0.15, -0.1) is 0 Å². The number of hydrogen-bond acceptors (Lipinski definition) is 2. The second-order valence-corrected chi connectivity index (χ2v) is 3.64. The highest BCUT2D eigenvalue weighted by Gasteiger charge is 2.09. The summed E-state index contributed by atoms with van der Waals surface area (Å²) in [6.45, 7) is 2.62. The van der Waals surface area contributed by atoms with Gasteiger partial charge in [-0.1, -0.05) is 11.8 Å². The summed E-state index contributed by atoms with van der Waals surface area (Å²) in [6.07, 6.45) is 0. The molecule has 0 spiro atoms. The second kappa shape index (κ2) is 6.62. The zero-order chi connectivity index (χ0) is 13.5. The summed E-state index contributed by atoms with van der Waals surface area (Å²) in [4.78, 5) is 13.2. The van der Waals surface area contributed by atoms with E-state index in [0.717, 1.165) is 0 Å². The predicted molar refractivity (Wildman–Crippen MR) is 69.7 cm³/mol. The van der Waals surface area contributed by atoms with E-state index in [1.165, 1.54) is 23.1 Å². The Labute approximate surface area is 106 Å². The molecule has 1 aromatic carbocycles. The molecule has 18 heavy (non-hydrogen) atoms. The zero-order valence-corrected chi connectivity index (χ0v) is 10.5. The van der Waals surface area contributed by atoms with Crippen LogP contribution in [0, 0.1) is 17.7 Å². The molecule has 0 radical (unpaired) electrons. The van der Waals surface area contributed by atoms with E-state index in [-0.39, 0.29) is 12.6 Å². The summed E-state index contributed by atoms with van der Waals surface area (Å²) >= 11 is 0. The van der Waals surface area contributed by atoms with Gasteiger partial charge in [0.1, 0.15) is 5.82 Å². The zero-order valence-electron chi connectivity index (χ0n) is 10.5. The van der Waals surface area contributed by atoms with Gasteiger partial charge in [-0.05, 0) is 25.1 Å². The van der Waals surface area contributed by atoms with Gasteiger partial charge in [0.2, 0.25) is 0 Å². The Bertz CT molecular complexity index is 491. The van der Waals surface area contributed by atoms with Gasteiger partial charge in [0.15, 0.2) is 0 Å². The molecule has 0 aromatic heterocycles. The van der Waals surface area contributed by atoms with Gasteiger partial charge in [-0.3, -0.25) is 0 Å². The van der Waals surface area contributed by atoms with E-state index in [2.05, 4.69) is 17.2 Å². The van der Waals surface area contributed by atoms with Gasteiger partial charge in [-0.2, -0.15) is 0 Å². The molecule has 0 fully saturated rings. The molecule has 0 saturated heterocycles. The highest BCUT2D eigenvalue weighted by molar-refractivity contribution is 5.90. The van der Waals surface area contributed by atoms with Crippen molar-refractivity contribution in [3.8, 4) is 11.8 Å². The van der Waals surface area contributed by atoms with Crippen molar-refractivity contribution in [3.63, 3.8) is 0 Å². The van der Waals surface area contributed by atoms with Crippen molar-refractivity contribution in [1.29, 1.82) is 0 Å². The molecule has 0 bridgehead atoms. The Morgan fingerprint density at radius 2 is 2.28 bits per heavy atom. The van der Waals surface area contributed by atoms with Crippen molar-refractivity contribution in [2.24, 2.45) is 5.73 Å². The van der Waals surface area contributed by atoms with Gasteiger partial charge >= 0.3 is 6.03 Å². The number of nitrogens with one attached hydrogen (secondary N) is 1. The minimum Gasteiger partial charge on any atom is -0.328 e. The van der Waals surface area contributed by atoms with E-state index in [1.807, 2.05) is 6.92 Å². The maximum atomic E-state index is 13.1. The van der Waals surface area contributed by atoms with E-state index >= 15 is 0 Å². The van der Waals surface area contributed by atoms with Gasteiger partial charge < -0.3 is 16.0 Å². The highest BCUT2D eigenvalue weighted by atomic mass is 19.1. The molecule has 0 atom stereocenters. The summed E-state index contributed by atoms with van der Waals surface area (Å²) in [7, 11) is 1.67. The van der Waals surface area contributed by atoms with E-state index in [0.29, 0.717) is 17.8 Å². The molecule has 1 rings (SSSR count). The van der Waals surface area contributed by atoms with E-state index in [1.54, 1.807) is 7.05 Å². The summed E-state index contributed by atoms with van der Waals surface area (Å²) in [5, 5.41) is 2.67. The molecule has 0 heterocycles. The minimum atomic E-state index is -0.404. The Hall–Kier alpha value is -2.06. The fourth-order valence-electron chi connectivity index (χ4n) is 1.23. The number of rotatable bonds is 2. The fraction of sp³-hybridized carbons (Fsp3) is 0.308. The van der Waals surface area contributed by atoms with Crippen molar-refractivity contribution in [3.05, 3.63) is 29.6 Å². The Morgan fingerprint density at radius 3 is 2.89 bits per heavy atom. The van der Waals surface area contributed by atoms with Crippen molar-refractivity contribution in [2.75, 3.05) is 25.5 Å². The number of nitrogens with two attached hydrogens (primary N) is 1. The van der Waals surface area contributed by atoms with Gasteiger partial charge in [0, 0.05) is 13.6 Å². The molecule has 0 aliphatic heterocycles. The first-order valence-electron chi connectivity index (χ1n) is 5.59. The third kappa shape index (κ3) is 3.75. The average Bonchev–Trinajstić information content (AvgIpc) is 2.37. The largest absolute Gasteiger partial charge is 0.328 e. The summed E-state index contributed by atoms with van der Waals surface area (Å²) in [6, 6.07) is 3.76. The average molecular weight is 249 g/mol. The first-order valence-corrected chi connectivity index (χ1v) is 5.59.